The average Bonchev–Trinajstić information content (AvgIpc) is 2.35. The van der Waals surface area contributed by atoms with Gasteiger partial charge in [-0.2, -0.15) is 0 Å². The van der Waals surface area contributed by atoms with Gasteiger partial charge in [-0.3, -0.25) is 4.98 Å². The minimum absolute atomic E-state index is 0.386. The van der Waals surface area contributed by atoms with Crippen molar-refractivity contribution in [3.63, 3.8) is 0 Å². The summed E-state index contributed by atoms with van der Waals surface area (Å²) in [6, 6.07) is 3.71. The Kier molecular flexibility index (Phi) is 10.1. The van der Waals surface area contributed by atoms with Crippen molar-refractivity contribution in [2.75, 3.05) is 7.11 Å². The van der Waals surface area contributed by atoms with Crippen LogP contribution in [0.4, 0.5) is 0 Å². The van der Waals surface area contributed by atoms with Gasteiger partial charge < -0.3 is 9.90 Å². The molecule has 0 saturated heterocycles. The van der Waals surface area contributed by atoms with Crippen LogP contribution in [0.5, 0.6) is 0 Å². The van der Waals surface area contributed by atoms with Crippen LogP contribution in [-0.2, 0) is 10.2 Å². The number of aliphatic hydroxyl groups is 1. The molecule has 0 saturated carbocycles. The number of hydrogen-bond donors (Lipinski definition) is 1. The fraction of sp³-hybridized carbons (Fsp3) is 0.500. The van der Waals surface area contributed by atoms with E-state index in [0.717, 1.165) is 19.0 Å². The maximum atomic E-state index is 10.6. The minimum atomic E-state index is -0.386. The maximum absolute atomic E-state index is 10.6. The van der Waals surface area contributed by atoms with Crippen molar-refractivity contribution in [3.8, 4) is 0 Å². The first kappa shape index (κ1) is 16.2. The Hall–Kier alpha value is -1.22. The third-order valence-electron chi connectivity index (χ3n) is 1.72. The largest absolute Gasteiger partial charge is 0.400 e. The number of nitrogens with zero attached hydrogens (tertiary/aromatic N) is 1. The molecule has 1 aromatic rings. The number of carbonyl (C=O) groups is 1. The van der Waals surface area contributed by atoms with Crippen molar-refractivity contribution < 1.29 is 9.90 Å². The van der Waals surface area contributed by atoms with Crippen LogP contribution in [0.15, 0.2) is 24.5 Å². The number of carbonyl (C=O) groups excluding carboxylic acids is 1. The van der Waals surface area contributed by atoms with E-state index >= 15 is 0 Å². The van der Waals surface area contributed by atoms with Gasteiger partial charge in [0.15, 0.2) is 0 Å². The van der Waals surface area contributed by atoms with Gasteiger partial charge in [-0.05, 0) is 31.5 Å². The highest BCUT2D eigenvalue weighted by Gasteiger charge is 2.18. The highest BCUT2D eigenvalue weighted by molar-refractivity contribution is 5.66. The third-order valence-corrected chi connectivity index (χ3v) is 1.72. The second kappa shape index (κ2) is 9.34. The molecule has 0 unspecified atom stereocenters. The smallest absolute Gasteiger partial charge is 0.129 e. The monoisotopic (exact) mass is 211 g/mol. The molecule has 1 N–H and O–H groups in total. The van der Waals surface area contributed by atoms with Gasteiger partial charge in [-0.25, -0.2) is 0 Å². The molecule has 0 bridgehead atoms. The lowest BCUT2D eigenvalue weighted by Crippen LogP contribution is -2.18. The normalized spacial score (nSPS) is 8.93. The molecular formula is C12H21NO2. The summed E-state index contributed by atoms with van der Waals surface area (Å²) in [7, 11) is 1.00. The number of aromatic nitrogens is 1. The van der Waals surface area contributed by atoms with E-state index in [1.165, 1.54) is 0 Å². The van der Waals surface area contributed by atoms with Crippen molar-refractivity contribution in [2.45, 2.75) is 33.1 Å². The fourth-order valence-corrected chi connectivity index (χ4v) is 0.850. The van der Waals surface area contributed by atoms with Crippen molar-refractivity contribution >= 4 is 6.29 Å². The molecule has 15 heavy (non-hydrogen) atoms. The minimum Gasteiger partial charge on any atom is -0.400 e. The van der Waals surface area contributed by atoms with E-state index in [4.69, 9.17) is 5.11 Å². The van der Waals surface area contributed by atoms with Crippen LogP contribution in [0.1, 0.15) is 33.3 Å². The molecule has 3 heteroatoms. The van der Waals surface area contributed by atoms with Crippen molar-refractivity contribution in [1.29, 1.82) is 0 Å². The zero-order chi connectivity index (χ0) is 12.3. The third kappa shape index (κ3) is 5.96. The zero-order valence-corrected chi connectivity index (χ0v) is 10.2. The predicted molar refractivity (Wildman–Crippen MR) is 62.8 cm³/mol. The molecule has 0 spiro atoms. The van der Waals surface area contributed by atoms with E-state index in [1.807, 2.05) is 39.8 Å². The van der Waals surface area contributed by atoms with Gasteiger partial charge >= 0.3 is 0 Å². The molecule has 0 aromatic carbocycles. The van der Waals surface area contributed by atoms with Gasteiger partial charge in [0, 0.05) is 24.9 Å². The molecule has 1 aromatic heterocycles. The van der Waals surface area contributed by atoms with Crippen LogP contribution in [0, 0.1) is 0 Å². The topological polar surface area (TPSA) is 50.2 Å². The van der Waals surface area contributed by atoms with Gasteiger partial charge in [0.2, 0.25) is 0 Å². The lowest BCUT2D eigenvalue weighted by molar-refractivity contribution is -0.111. The number of hydrogen-bond acceptors (Lipinski definition) is 3. The summed E-state index contributed by atoms with van der Waals surface area (Å²) in [4.78, 5) is 14.5. The molecule has 3 nitrogen and oxygen atoms in total. The maximum Gasteiger partial charge on any atom is 0.129 e. The van der Waals surface area contributed by atoms with Gasteiger partial charge in [0.25, 0.3) is 0 Å². The Morgan fingerprint density at radius 2 is 1.60 bits per heavy atom. The predicted octanol–water partition coefficient (Wildman–Crippen LogP) is 2.19. The highest BCUT2D eigenvalue weighted by atomic mass is 16.2. The second-order valence-corrected chi connectivity index (χ2v) is 3.08. The lowest BCUT2D eigenvalue weighted by Gasteiger charge is -2.15. The Bertz CT molecular complexity index is 245. The Labute approximate surface area is 92.2 Å². The molecule has 86 valence electrons. The van der Waals surface area contributed by atoms with Crippen molar-refractivity contribution in [2.24, 2.45) is 0 Å². The summed E-state index contributed by atoms with van der Waals surface area (Å²) in [5, 5.41) is 7.00. The molecule has 0 amide bonds. The van der Waals surface area contributed by atoms with Crippen LogP contribution >= 0.6 is 0 Å². The quantitative estimate of drug-likeness (QED) is 0.763. The van der Waals surface area contributed by atoms with E-state index in [0.29, 0.717) is 0 Å². The fourth-order valence-electron chi connectivity index (χ4n) is 0.850. The summed E-state index contributed by atoms with van der Waals surface area (Å²) in [5.41, 5.74) is 0.616. The highest BCUT2D eigenvalue weighted by Crippen LogP contribution is 2.18. The van der Waals surface area contributed by atoms with E-state index in [-0.39, 0.29) is 5.41 Å². The molecule has 1 heterocycles. The van der Waals surface area contributed by atoms with Crippen LogP contribution in [0.3, 0.4) is 0 Å². The van der Waals surface area contributed by atoms with Crippen molar-refractivity contribution in [1.82, 2.24) is 4.98 Å². The molecule has 0 radical (unpaired) electrons. The molecule has 0 fully saturated rings. The number of aldehydes is 1. The Balaban J connectivity index is 0. The standard InChI is InChI=1S/C9H11NO.C2H6.CH4O/c1-9(2,7-11)8-3-5-10-6-4-8;2*1-2/h3-7H,1-2H3;1-2H3;2H,1H3. The molecule has 0 aliphatic rings. The molecular weight excluding hydrogens is 190 g/mol. The Morgan fingerprint density at radius 1 is 1.20 bits per heavy atom. The Morgan fingerprint density at radius 3 is 1.93 bits per heavy atom. The van der Waals surface area contributed by atoms with Gasteiger partial charge in [-0.15, -0.1) is 0 Å². The number of pyridine rings is 1. The van der Waals surface area contributed by atoms with Gasteiger partial charge in [-0.1, -0.05) is 13.8 Å². The van der Waals surface area contributed by atoms with Crippen molar-refractivity contribution in [3.05, 3.63) is 30.1 Å². The summed E-state index contributed by atoms with van der Waals surface area (Å²) in [5.74, 6) is 0. The number of aliphatic hydroxyl groups excluding tert-OH is 1. The van der Waals surface area contributed by atoms with Crippen LogP contribution in [-0.4, -0.2) is 23.5 Å². The van der Waals surface area contributed by atoms with Crippen LogP contribution in [0.2, 0.25) is 0 Å². The molecule has 0 aliphatic carbocycles. The molecule has 0 atom stereocenters. The number of rotatable bonds is 2. The average molecular weight is 211 g/mol. The van der Waals surface area contributed by atoms with E-state index in [2.05, 4.69) is 4.98 Å². The van der Waals surface area contributed by atoms with E-state index < -0.39 is 0 Å². The summed E-state index contributed by atoms with van der Waals surface area (Å²) >= 11 is 0. The van der Waals surface area contributed by atoms with Crippen LogP contribution in [0.25, 0.3) is 0 Å². The molecule has 0 aliphatic heterocycles. The van der Waals surface area contributed by atoms with E-state index in [9.17, 15) is 4.79 Å². The second-order valence-electron chi connectivity index (χ2n) is 3.08. The van der Waals surface area contributed by atoms with Crippen LogP contribution < -0.4 is 0 Å². The first-order valence-corrected chi connectivity index (χ1v) is 4.98. The summed E-state index contributed by atoms with van der Waals surface area (Å²) < 4.78 is 0. The molecule has 1 rings (SSSR count). The summed E-state index contributed by atoms with van der Waals surface area (Å²) in [6.07, 6.45) is 4.34. The zero-order valence-electron chi connectivity index (χ0n) is 10.2. The van der Waals surface area contributed by atoms with Gasteiger partial charge in [0.05, 0.1) is 0 Å². The van der Waals surface area contributed by atoms with E-state index in [1.54, 1.807) is 12.4 Å². The first-order valence-electron chi connectivity index (χ1n) is 4.98. The van der Waals surface area contributed by atoms with Gasteiger partial charge in [0.1, 0.15) is 6.29 Å². The lowest BCUT2D eigenvalue weighted by atomic mass is 9.87. The SMILES string of the molecule is CC.CC(C)(C=O)c1ccncc1.CO. The first-order chi connectivity index (χ1) is 7.17. The summed E-state index contributed by atoms with van der Waals surface area (Å²) in [6.45, 7) is 7.77.